The topological polar surface area (TPSA) is 55.1 Å². The molecule has 0 aromatic carbocycles. The van der Waals surface area contributed by atoms with E-state index in [9.17, 15) is 18.0 Å². The fourth-order valence-corrected chi connectivity index (χ4v) is 0.679. The maximum absolute atomic E-state index is 12.2. The third-order valence-corrected chi connectivity index (χ3v) is 1.71. The Kier molecular flexibility index (Phi) is 3.09. The minimum Gasteiger partial charge on any atom is -0.370 e. The molecule has 0 bridgehead atoms. The minimum atomic E-state index is -4.48. The molecule has 0 saturated heterocycles. The van der Waals surface area contributed by atoms with Crippen molar-refractivity contribution in [3.63, 3.8) is 0 Å². The summed E-state index contributed by atoms with van der Waals surface area (Å²) in [5.41, 5.74) is 2.45. The zero-order chi connectivity index (χ0) is 9.99. The summed E-state index contributed by atoms with van der Waals surface area (Å²) < 4.78 is 36.6. The summed E-state index contributed by atoms with van der Waals surface area (Å²) in [6, 6.07) is 0. The molecule has 1 unspecified atom stereocenters. The molecule has 0 aliphatic heterocycles. The summed E-state index contributed by atoms with van der Waals surface area (Å²) in [5.74, 6) is -0.982. The average molecular weight is 184 g/mol. The number of alkyl halides is 3. The van der Waals surface area contributed by atoms with Crippen LogP contribution in [0, 0.1) is 0 Å². The molecule has 1 atom stereocenters. The van der Waals surface area contributed by atoms with Gasteiger partial charge in [0.15, 0.2) is 0 Å². The van der Waals surface area contributed by atoms with E-state index in [2.05, 4.69) is 5.73 Å². The largest absolute Gasteiger partial charge is 0.406 e. The molecule has 0 fully saturated rings. The molecule has 0 heterocycles. The number of nitrogens with two attached hydrogens (primary N) is 1. The Morgan fingerprint density at radius 1 is 1.50 bits per heavy atom. The lowest BCUT2D eigenvalue weighted by Gasteiger charge is -2.30. The predicted molar refractivity (Wildman–Crippen MR) is 37.3 cm³/mol. The van der Waals surface area contributed by atoms with Crippen LogP contribution in [-0.4, -0.2) is 24.7 Å². The van der Waals surface area contributed by atoms with Gasteiger partial charge in [-0.25, -0.2) is 0 Å². The van der Waals surface area contributed by atoms with Crippen LogP contribution in [0.3, 0.4) is 0 Å². The quantitative estimate of drug-likeness (QED) is 0.667. The van der Waals surface area contributed by atoms with Crippen LogP contribution < -0.4 is 11.1 Å². The zero-order valence-corrected chi connectivity index (χ0v) is 6.83. The fraction of sp³-hybridized carbons (Fsp3) is 0.833. The predicted octanol–water partition coefficient (Wildman–Crippen LogP) is 0.402. The summed E-state index contributed by atoms with van der Waals surface area (Å²) in [6.45, 7) is 0.887. The van der Waals surface area contributed by atoms with Crippen molar-refractivity contribution in [1.82, 2.24) is 5.32 Å². The first-order valence-corrected chi connectivity index (χ1v) is 3.27. The molecule has 0 saturated carbocycles. The highest BCUT2D eigenvalue weighted by Gasteiger charge is 2.50. The molecular weight excluding hydrogens is 173 g/mol. The van der Waals surface area contributed by atoms with Crippen molar-refractivity contribution in [3.8, 4) is 0 Å². The number of amides is 1. The highest BCUT2D eigenvalue weighted by atomic mass is 19.4. The number of hydrogen-bond acceptors (Lipinski definition) is 2. The first kappa shape index (κ1) is 11.2. The summed E-state index contributed by atoms with van der Waals surface area (Å²) in [5, 5.41) is 2.02. The lowest BCUT2D eigenvalue weighted by molar-refractivity contribution is -0.192. The van der Waals surface area contributed by atoms with Gasteiger partial charge < -0.3 is 11.1 Å². The van der Waals surface area contributed by atoms with E-state index in [4.69, 9.17) is 0 Å². The molecule has 0 aromatic heterocycles. The summed E-state index contributed by atoms with van der Waals surface area (Å²) in [6.07, 6.45) is -5.23. The minimum absolute atomic E-state index is 0.757. The summed E-state index contributed by atoms with van der Waals surface area (Å²) >= 11 is 0. The van der Waals surface area contributed by atoms with Crippen molar-refractivity contribution in [2.75, 3.05) is 7.05 Å². The smallest absolute Gasteiger partial charge is 0.370 e. The van der Waals surface area contributed by atoms with E-state index in [-0.39, 0.29) is 0 Å². The van der Waals surface area contributed by atoms with Gasteiger partial charge in [-0.05, 0) is 14.0 Å². The van der Waals surface area contributed by atoms with Gasteiger partial charge in [-0.15, -0.1) is 0 Å². The van der Waals surface area contributed by atoms with Crippen LogP contribution in [-0.2, 0) is 4.79 Å². The Labute approximate surface area is 68.1 Å². The Balaban J connectivity index is 4.56. The van der Waals surface area contributed by atoms with E-state index in [1.165, 1.54) is 0 Å². The molecule has 0 rings (SSSR count). The second kappa shape index (κ2) is 3.30. The van der Waals surface area contributed by atoms with Gasteiger partial charge in [0, 0.05) is 0 Å². The molecule has 3 nitrogen and oxygen atoms in total. The van der Waals surface area contributed by atoms with Crippen molar-refractivity contribution in [1.29, 1.82) is 0 Å². The molecule has 3 N–H and O–H groups in total. The van der Waals surface area contributed by atoms with Crippen molar-refractivity contribution in [3.05, 3.63) is 0 Å². The number of carbonyl (C=O) groups is 1. The number of primary amides is 1. The van der Waals surface area contributed by atoms with Crippen molar-refractivity contribution >= 4 is 5.91 Å². The molecule has 12 heavy (non-hydrogen) atoms. The molecular formula is C6H11F3N2O. The fourth-order valence-electron chi connectivity index (χ4n) is 0.679. The van der Waals surface area contributed by atoms with Gasteiger partial charge in [-0.3, -0.25) is 4.79 Å². The normalized spacial score (nSPS) is 17.1. The van der Waals surface area contributed by atoms with E-state index in [0.717, 1.165) is 14.0 Å². The standard InChI is InChI=1S/C6H11F3N2O/c1-5(11-2,3-4(10)12)6(7,8)9/h11H,3H2,1-2H3,(H2,10,12). The van der Waals surface area contributed by atoms with Crippen LogP contribution in [0.4, 0.5) is 13.2 Å². The lowest BCUT2D eigenvalue weighted by Crippen LogP contribution is -2.54. The SMILES string of the molecule is CNC(C)(CC(N)=O)C(F)(F)F. The van der Waals surface area contributed by atoms with Crippen LogP contribution in [0.15, 0.2) is 0 Å². The molecule has 1 amide bonds. The molecule has 0 aliphatic rings. The number of carbonyl (C=O) groups excluding carboxylic acids is 1. The maximum atomic E-state index is 12.2. The first-order valence-electron chi connectivity index (χ1n) is 3.27. The third kappa shape index (κ3) is 2.37. The number of rotatable bonds is 3. The maximum Gasteiger partial charge on any atom is 0.406 e. The van der Waals surface area contributed by atoms with Crippen LogP contribution >= 0.6 is 0 Å². The molecule has 0 aromatic rings. The number of nitrogens with one attached hydrogen (secondary N) is 1. The molecule has 72 valence electrons. The van der Waals surface area contributed by atoms with Crippen molar-refractivity contribution < 1.29 is 18.0 Å². The third-order valence-electron chi connectivity index (χ3n) is 1.71. The Hall–Kier alpha value is -0.780. The van der Waals surface area contributed by atoms with Gasteiger partial charge in [-0.2, -0.15) is 13.2 Å². The molecule has 0 spiro atoms. The van der Waals surface area contributed by atoms with Crippen LogP contribution in [0.2, 0.25) is 0 Å². The first-order chi connectivity index (χ1) is 5.23. The van der Waals surface area contributed by atoms with Gasteiger partial charge in [0.25, 0.3) is 0 Å². The monoisotopic (exact) mass is 184 g/mol. The van der Waals surface area contributed by atoms with Crippen LogP contribution in [0.25, 0.3) is 0 Å². The van der Waals surface area contributed by atoms with E-state index in [1.807, 2.05) is 5.32 Å². The molecule has 6 heteroatoms. The zero-order valence-electron chi connectivity index (χ0n) is 6.83. The van der Waals surface area contributed by atoms with E-state index in [1.54, 1.807) is 0 Å². The van der Waals surface area contributed by atoms with Gasteiger partial charge >= 0.3 is 6.18 Å². The van der Waals surface area contributed by atoms with Crippen LogP contribution in [0.1, 0.15) is 13.3 Å². The average Bonchev–Trinajstić information content (AvgIpc) is 1.83. The summed E-state index contributed by atoms with van der Waals surface area (Å²) in [4.78, 5) is 10.3. The van der Waals surface area contributed by atoms with E-state index in [0.29, 0.717) is 0 Å². The van der Waals surface area contributed by atoms with Gasteiger partial charge in [0.1, 0.15) is 5.54 Å². The highest BCUT2D eigenvalue weighted by Crippen LogP contribution is 2.32. The molecule has 0 radical (unpaired) electrons. The van der Waals surface area contributed by atoms with E-state index < -0.39 is 24.0 Å². The van der Waals surface area contributed by atoms with Gasteiger partial charge in [0.2, 0.25) is 5.91 Å². The summed E-state index contributed by atoms with van der Waals surface area (Å²) in [7, 11) is 1.14. The van der Waals surface area contributed by atoms with Crippen molar-refractivity contribution in [2.45, 2.75) is 25.1 Å². The van der Waals surface area contributed by atoms with Crippen LogP contribution in [0.5, 0.6) is 0 Å². The molecule has 0 aliphatic carbocycles. The Morgan fingerprint density at radius 3 is 2.00 bits per heavy atom. The number of hydrogen-bond donors (Lipinski definition) is 2. The van der Waals surface area contributed by atoms with E-state index >= 15 is 0 Å². The van der Waals surface area contributed by atoms with Gasteiger partial charge in [0.05, 0.1) is 6.42 Å². The Bertz CT molecular complexity index is 180. The lowest BCUT2D eigenvalue weighted by atomic mass is 9.97. The second-order valence-electron chi connectivity index (χ2n) is 2.72. The number of halogens is 3. The second-order valence-corrected chi connectivity index (χ2v) is 2.72. The Morgan fingerprint density at radius 2 is 1.92 bits per heavy atom. The highest BCUT2D eigenvalue weighted by molar-refractivity contribution is 5.75. The van der Waals surface area contributed by atoms with Gasteiger partial charge in [-0.1, -0.05) is 0 Å². The van der Waals surface area contributed by atoms with Crippen molar-refractivity contribution in [2.24, 2.45) is 5.73 Å².